The average Bonchev–Trinajstić information content (AvgIpc) is 2.63. The van der Waals surface area contributed by atoms with Gasteiger partial charge in [-0.1, -0.05) is 6.07 Å². The lowest BCUT2D eigenvalue weighted by Gasteiger charge is -2.32. The van der Waals surface area contributed by atoms with Gasteiger partial charge in [-0.05, 0) is 49.3 Å². The molecular formula is C18H19F2N3O. The van der Waals surface area contributed by atoms with Crippen molar-refractivity contribution in [2.24, 2.45) is 5.92 Å². The van der Waals surface area contributed by atoms with E-state index in [-0.39, 0.29) is 5.91 Å². The zero-order valence-corrected chi connectivity index (χ0v) is 13.3. The fourth-order valence-corrected chi connectivity index (χ4v) is 3.12. The Morgan fingerprint density at radius 1 is 1.25 bits per heavy atom. The second kappa shape index (κ2) is 7.47. The lowest BCUT2D eigenvalue weighted by Crippen LogP contribution is -2.40. The van der Waals surface area contributed by atoms with Gasteiger partial charge in [0, 0.05) is 25.5 Å². The highest BCUT2D eigenvalue weighted by molar-refractivity contribution is 5.92. The van der Waals surface area contributed by atoms with E-state index in [1.807, 2.05) is 4.90 Å². The number of benzene rings is 1. The topological polar surface area (TPSA) is 46.1 Å². The number of rotatable bonds is 4. The molecule has 1 atom stereocenters. The molecule has 6 heteroatoms. The van der Waals surface area contributed by atoms with Crippen molar-refractivity contribution < 1.29 is 13.6 Å². The van der Waals surface area contributed by atoms with E-state index >= 15 is 0 Å². The number of aryl methyl sites for hydroxylation is 1. The minimum absolute atomic E-state index is 0.0966. The summed E-state index contributed by atoms with van der Waals surface area (Å²) in [7, 11) is 0. The van der Waals surface area contributed by atoms with Gasteiger partial charge < -0.3 is 4.90 Å². The molecule has 1 aromatic heterocycles. The number of piperidine rings is 1. The van der Waals surface area contributed by atoms with Crippen molar-refractivity contribution in [1.82, 2.24) is 14.9 Å². The first-order chi connectivity index (χ1) is 11.6. The van der Waals surface area contributed by atoms with Gasteiger partial charge in [-0.3, -0.25) is 9.78 Å². The zero-order valence-electron chi connectivity index (χ0n) is 13.3. The van der Waals surface area contributed by atoms with Crippen molar-refractivity contribution in [3.8, 4) is 0 Å². The van der Waals surface area contributed by atoms with Gasteiger partial charge in [0.2, 0.25) is 0 Å². The van der Waals surface area contributed by atoms with E-state index < -0.39 is 11.6 Å². The van der Waals surface area contributed by atoms with Crippen molar-refractivity contribution in [3.63, 3.8) is 0 Å². The number of likely N-dealkylation sites (tertiary alicyclic amines) is 1. The minimum atomic E-state index is -0.822. The van der Waals surface area contributed by atoms with Crippen LogP contribution in [0, 0.1) is 17.6 Å². The van der Waals surface area contributed by atoms with E-state index in [2.05, 4.69) is 9.97 Å². The Bertz CT molecular complexity index is 709. The minimum Gasteiger partial charge on any atom is -0.337 e. The van der Waals surface area contributed by atoms with E-state index in [1.165, 1.54) is 24.7 Å². The highest BCUT2D eigenvalue weighted by Gasteiger charge is 2.25. The Morgan fingerprint density at radius 2 is 2.12 bits per heavy atom. The van der Waals surface area contributed by atoms with Gasteiger partial charge >= 0.3 is 0 Å². The summed E-state index contributed by atoms with van der Waals surface area (Å²) in [6.07, 6.45) is 8.02. The Labute approximate surface area is 139 Å². The van der Waals surface area contributed by atoms with Crippen molar-refractivity contribution in [2.75, 3.05) is 13.1 Å². The fourth-order valence-electron chi connectivity index (χ4n) is 3.12. The van der Waals surface area contributed by atoms with Crippen LogP contribution >= 0.6 is 0 Å². The van der Waals surface area contributed by atoms with Crippen molar-refractivity contribution in [3.05, 3.63) is 59.7 Å². The first-order valence-electron chi connectivity index (χ1n) is 8.12. The standard InChI is InChI=1S/C18H19F2N3O/c19-15-6-5-13(10-16(15)20)3-4-14-2-1-9-23(12-14)18(24)17-11-21-7-8-22-17/h5-8,10-11,14H,1-4,9,12H2/t14-/m1/s1. The number of hydrogen-bond acceptors (Lipinski definition) is 3. The number of halogens is 2. The molecule has 0 N–H and O–H groups in total. The third-order valence-corrected chi connectivity index (χ3v) is 4.41. The molecule has 1 amide bonds. The van der Waals surface area contributed by atoms with Crippen LogP contribution in [0.25, 0.3) is 0 Å². The van der Waals surface area contributed by atoms with Crippen LogP contribution in [0.15, 0.2) is 36.8 Å². The summed E-state index contributed by atoms with van der Waals surface area (Å²) in [5, 5.41) is 0. The molecule has 1 aliphatic rings. The van der Waals surface area contributed by atoms with Gasteiger partial charge in [0.1, 0.15) is 5.69 Å². The van der Waals surface area contributed by atoms with Crippen LogP contribution in [-0.4, -0.2) is 33.9 Å². The molecule has 1 fully saturated rings. The van der Waals surface area contributed by atoms with Gasteiger partial charge in [0.05, 0.1) is 6.20 Å². The van der Waals surface area contributed by atoms with Crippen molar-refractivity contribution in [1.29, 1.82) is 0 Å². The number of nitrogens with zero attached hydrogens (tertiary/aromatic N) is 3. The van der Waals surface area contributed by atoms with Crippen molar-refractivity contribution >= 4 is 5.91 Å². The summed E-state index contributed by atoms with van der Waals surface area (Å²) in [6, 6.07) is 4.03. The first kappa shape index (κ1) is 16.5. The molecule has 0 aliphatic carbocycles. The molecule has 0 spiro atoms. The molecule has 1 aliphatic heterocycles. The van der Waals surface area contributed by atoms with Crippen LogP contribution in [0.1, 0.15) is 35.3 Å². The number of carbonyl (C=O) groups excluding carboxylic acids is 1. The Hall–Kier alpha value is -2.37. The van der Waals surface area contributed by atoms with Crippen LogP contribution in [0.4, 0.5) is 8.78 Å². The van der Waals surface area contributed by atoms with E-state index in [0.717, 1.165) is 37.4 Å². The van der Waals surface area contributed by atoms with Gasteiger partial charge in [0.15, 0.2) is 11.6 Å². The number of amides is 1. The molecule has 4 nitrogen and oxygen atoms in total. The van der Waals surface area contributed by atoms with Crippen LogP contribution in [0.5, 0.6) is 0 Å². The summed E-state index contributed by atoms with van der Waals surface area (Å²) in [6.45, 7) is 1.39. The van der Waals surface area contributed by atoms with Crippen LogP contribution in [0.2, 0.25) is 0 Å². The molecule has 1 aromatic carbocycles. The van der Waals surface area contributed by atoms with E-state index in [4.69, 9.17) is 0 Å². The Kier molecular flexibility index (Phi) is 5.13. The predicted octanol–water partition coefficient (Wildman–Crippen LogP) is 3.24. The summed E-state index contributed by atoms with van der Waals surface area (Å²) in [5.74, 6) is -1.37. The SMILES string of the molecule is O=C(c1cnccn1)N1CCC[C@H](CCc2ccc(F)c(F)c2)C1. The average molecular weight is 331 g/mol. The second-order valence-corrected chi connectivity index (χ2v) is 6.14. The largest absolute Gasteiger partial charge is 0.337 e. The van der Waals surface area contributed by atoms with E-state index in [0.29, 0.717) is 24.6 Å². The summed E-state index contributed by atoms with van der Waals surface area (Å²) in [4.78, 5) is 22.2. The van der Waals surface area contributed by atoms with Gasteiger partial charge in [-0.15, -0.1) is 0 Å². The first-order valence-corrected chi connectivity index (χ1v) is 8.12. The normalized spacial score (nSPS) is 17.8. The number of carbonyl (C=O) groups is 1. The van der Waals surface area contributed by atoms with Gasteiger partial charge in [-0.25, -0.2) is 13.8 Å². The smallest absolute Gasteiger partial charge is 0.274 e. The monoisotopic (exact) mass is 331 g/mol. The summed E-state index contributed by atoms with van der Waals surface area (Å²) < 4.78 is 26.2. The number of aromatic nitrogens is 2. The molecule has 1 saturated heterocycles. The third kappa shape index (κ3) is 3.93. The highest BCUT2D eigenvalue weighted by Crippen LogP contribution is 2.23. The fraction of sp³-hybridized carbons (Fsp3) is 0.389. The molecule has 0 radical (unpaired) electrons. The molecule has 0 bridgehead atoms. The maximum Gasteiger partial charge on any atom is 0.274 e. The molecule has 2 heterocycles. The Balaban J connectivity index is 1.57. The lowest BCUT2D eigenvalue weighted by atomic mass is 9.91. The second-order valence-electron chi connectivity index (χ2n) is 6.14. The maximum atomic E-state index is 13.3. The predicted molar refractivity (Wildman–Crippen MR) is 85.3 cm³/mol. The molecule has 126 valence electrons. The lowest BCUT2D eigenvalue weighted by molar-refractivity contribution is 0.0662. The van der Waals surface area contributed by atoms with Crippen molar-refractivity contribution in [2.45, 2.75) is 25.7 Å². The molecule has 0 saturated carbocycles. The van der Waals surface area contributed by atoms with Gasteiger partial charge in [-0.2, -0.15) is 0 Å². The Morgan fingerprint density at radius 3 is 2.88 bits per heavy atom. The third-order valence-electron chi connectivity index (χ3n) is 4.41. The molecular weight excluding hydrogens is 312 g/mol. The van der Waals surface area contributed by atoms with E-state index in [9.17, 15) is 13.6 Å². The quantitative estimate of drug-likeness (QED) is 0.864. The van der Waals surface area contributed by atoms with Crippen LogP contribution < -0.4 is 0 Å². The van der Waals surface area contributed by atoms with Crippen LogP contribution in [0.3, 0.4) is 0 Å². The molecule has 3 rings (SSSR count). The zero-order chi connectivity index (χ0) is 16.9. The van der Waals surface area contributed by atoms with E-state index in [1.54, 1.807) is 6.07 Å². The highest BCUT2D eigenvalue weighted by atomic mass is 19.2. The molecule has 2 aromatic rings. The molecule has 0 unspecified atom stereocenters. The molecule has 24 heavy (non-hydrogen) atoms. The van der Waals surface area contributed by atoms with Crippen LogP contribution in [-0.2, 0) is 6.42 Å². The summed E-state index contributed by atoms with van der Waals surface area (Å²) >= 11 is 0. The maximum absolute atomic E-state index is 13.3. The summed E-state index contributed by atoms with van der Waals surface area (Å²) in [5.41, 5.74) is 1.14. The van der Waals surface area contributed by atoms with Gasteiger partial charge in [0.25, 0.3) is 5.91 Å². The number of hydrogen-bond donors (Lipinski definition) is 0.